The van der Waals surface area contributed by atoms with Crippen molar-refractivity contribution in [2.24, 2.45) is 0 Å². The Morgan fingerprint density at radius 3 is 2.95 bits per heavy atom. The number of hydrogen-bond acceptors (Lipinski definition) is 4. The number of amides is 1. The lowest BCUT2D eigenvalue weighted by molar-refractivity contribution is -0.132. The molecule has 1 fully saturated rings. The van der Waals surface area contributed by atoms with E-state index in [0.29, 0.717) is 19.3 Å². The van der Waals surface area contributed by atoms with Gasteiger partial charge in [-0.2, -0.15) is 0 Å². The minimum absolute atomic E-state index is 0.219. The average Bonchev–Trinajstić information content (AvgIpc) is 2.90. The van der Waals surface area contributed by atoms with E-state index in [-0.39, 0.29) is 11.9 Å². The summed E-state index contributed by atoms with van der Waals surface area (Å²) in [6, 6.07) is 6.60. The van der Waals surface area contributed by atoms with E-state index in [1.807, 2.05) is 19.2 Å². The third-order valence-electron chi connectivity index (χ3n) is 4.01. The largest absolute Gasteiger partial charge is 0.454 e. The van der Waals surface area contributed by atoms with Gasteiger partial charge in [-0.05, 0) is 31.0 Å². The summed E-state index contributed by atoms with van der Waals surface area (Å²) in [5, 5.41) is 3.59. The molecule has 2 aliphatic heterocycles. The fourth-order valence-corrected chi connectivity index (χ4v) is 2.78. The predicted octanol–water partition coefficient (Wildman–Crippen LogP) is 1.69. The number of likely N-dealkylation sites (tertiary alicyclic amines) is 1. The standard InChI is InChI=1S/C15H20N2O3/c1-10(16-12-4-6-15(18)17(2)8-12)11-3-5-13-14(7-11)20-9-19-13/h3,5,7,10,12,16H,4,6,8-9H2,1-2H3. The molecule has 0 saturated carbocycles. The van der Waals surface area contributed by atoms with Crippen LogP contribution in [0.25, 0.3) is 0 Å². The number of likely N-dealkylation sites (N-methyl/N-ethyl adjacent to an activating group) is 1. The Kier molecular flexibility index (Phi) is 3.53. The van der Waals surface area contributed by atoms with Gasteiger partial charge in [-0.3, -0.25) is 4.79 Å². The minimum atomic E-state index is 0.219. The van der Waals surface area contributed by atoms with Crippen molar-refractivity contribution in [1.82, 2.24) is 10.2 Å². The lowest BCUT2D eigenvalue weighted by Gasteiger charge is -2.32. The summed E-state index contributed by atoms with van der Waals surface area (Å²) in [5.74, 6) is 1.86. The molecule has 0 radical (unpaired) electrons. The van der Waals surface area contributed by atoms with Crippen molar-refractivity contribution in [1.29, 1.82) is 0 Å². The summed E-state index contributed by atoms with van der Waals surface area (Å²) in [6.45, 7) is 3.21. The molecule has 5 heteroatoms. The van der Waals surface area contributed by atoms with Crippen molar-refractivity contribution in [3.05, 3.63) is 23.8 Å². The normalized spacial score (nSPS) is 23.0. The highest BCUT2D eigenvalue weighted by Crippen LogP contribution is 2.34. The lowest BCUT2D eigenvalue weighted by atomic mass is 10.0. The number of hydrogen-bond donors (Lipinski definition) is 1. The van der Waals surface area contributed by atoms with Crippen molar-refractivity contribution in [2.75, 3.05) is 20.4 Å². The summed E-state index contributed by atoms with van der Waals surface area (Å²) in [6.07, 6.45) is 1.53. The number of benzene rings is 1. The Labute approximate surface area is 118 Å². The van der Waals surface area contributed by atoms with Crippen LogP contribution >= 0.6 is 0 Å². The highest BCUT2D eigenvalue weighted by Gasteiger charge is 2.24. The van der Waals surface area contributed by atoms with Gasteiger partial charge in [0.1, 0.15) is 0 Å². The maximum atomic E-state index is 11.5. The summed E-state index contributed by atoms with van der Waals surface area (Å²) in [4.78, 5) is 13.3. The van der Waals surface area contributed by atoms with Crippen LogP contribution in [0.1, 0.15) is 31.4 Å². The smallest absolute Gasteiger partial charge is 0.231 e. The SMILES string of the molecule is CC(NC1CCC(=O)N(C)C1)c1ccc2c(c1)OCO2. The third-order valence-corrected chi connectivity index (χ3v) is 4.01. The van der Waals surface area contributed by atoms with Gasteiger partial charge in [0, 0.05) is 32.1 Å². The molecule has 1 saturated heterocycles. The van der Waals surface area contributed by atoms with Crippen LogP contribution in [0.5, 0.6) is 11.5 Å². The molecule has 108 valence electrons. The number of rotatable bonds is 3. The highest BCUT2D eigenvalue weighted by molar-refractivity contribution is 5.76. The molecule has 1 N–H and O–H groups in total. The van der Waals surface area contributed by atoms with Crippen molar-refractivity contribution >= 4 is 5.91 Å². The van der Waals surface area contributed by atoms with Gasteiger partial charge >= 0.3 is 0 Å². The molecule has 2 aliphatic rings. The van der Waals surface area contributed by atoms with Crippen molar-refractivity contribution in [2.45, 2.75) is 31.8 Å². The van der Waals surface area contributed by atoms with E-state index in [2.05, 4.69) is 18.3 Å². The zero-order valence-corrected chi connectivity index (χ0v) is 11.9. The molecule has 1 aromatic carbocycles. The first-order valence-electron chi connectivity index (χ1n) is 7.03. The van der Waals surface area contributed by atoms with Crippen LogP contribution in [0.15, 0.2) is 18.2 Å². The Hall–Kier alpha value is -1.75. The topological polar surface area (TPSA) is 50.8 Å². The Bertz CT molecular complexity index is 518. The average molecular weight is 276 g/mol. The number of nitrogens with zero attached hydrogens (tertiary/aromatic N) is 1. The highest BCUT2D eigenvalue weighted by atomic mass is 16.7. The molecule has 2 atom stereocenters. The van der Waals surface area contributed by atoms with Crippen LogP contribution < -0.4 is 14.8 Å². The Morgan fingerprint density at radius 2 is 2.15 bits per heavy atom. The predicted molar refractivity (Wildman–Crippen MR) is 74.8 cm³/mol. The molecule has 2 heterocycles. The number of carbonyl (C=O) groups is 1. The van der Waals surface area contributed by atoms with Crippen LogP contribution in [-0.4, -0.2) is 37.2 Å². The van der Waals surface area contributed by atoms with Gasteiger partial charge < -0.3 is 19.7 Å². The van der Waals surface area contributed by atoms with Gasteiger partial charge in [-0.25, -0.2) is 0 Å². The molecule has 0 spiro atoms. The van der Waals surface area contributed by atoms with E-state index < -0.39 is 0 Å². The first-order valence-corrected chi connectivity index (χ1v) is 7.03. The molecule has 0 aliphatic carbocycles. The number of carbonyl (C=O) groups excluding carboxylic acids is 1. The van der Waals surface area contributed by atoms with Gasteiger partial charge in [0.05, 0.1) is 0 Å². The maximum Gasteiger partial charge on any atom is 0.231 e. The number of piperidine rings is 1. The van der Waals surface area contributed by atoms with Crippen molar-refractivity contribution < 1.29 is 14.3 Å². The van der Waals surface area contributed by atoms with E-state index in [1.165, 1.54) is 5.56 Å². The second kappa shape index (κ2) is 5.32. The maximum absolute atomic E-state index is 11.5. The zero-order valence-electron chi connectivity index (χ0n) is 11.9. The van der Waals surface area contributed by atoms with Gasteiger partial charge in [-0.15, -0.1) is 0 Å². The van der Waals surface area contributed by atoms with Gasteiger partial charge in [0.15, 0.2) is 11.5 Å². The molecule has 20 heavy (non-hydrogen) atoms. The summed E-state index contributed by atoms with van der Waals surface area (Å²) in [7, 11) is 1.86. The monoisotopic (exact) mass is 276 g/mol. The number of ether oxygens (including phenoxy) is 2. The first kappa shape index (κ1) is 13.2. The molecular weight excluding hydrogens is 256 g/mol. The van der Waals surface area contributed by atoms with Gasteiger partial charge in [0.25, 0.3) is 0 Å². The summed E-state index contributed by atoms with van der Waals surface area (Å²) < 4.78 is 10.7. The van der Waals surface area contributed by atoms with E-state index in [9.17, 15) is 4.79 Å². The second-order valence-corrected chi connectivity index (χ2v) is 5.51. The molecule has 3 rings (SSSR count). The quantitative estimate of drug-likeness (QED) is 0.912. The number of fused-ring (bicyclic) bond motifs is 1. The molecule has 2 unspecified atom stereocenters. The number of nitrogens with one attached hydrogen (secondary N) is 1. The molecular formula is C15H20N2O3. The van der Waals surface area contributed by atoms with Crippen LogP contribution in [-0.2, 0) is 4.79 Å². The Balaban J connectivity index is 1.64. The van der Waals surface area contributed by atoms with E-state index in [1.54, 1.807) is 4.90 Å². The van der Waals surface area contributed by atoms with Crippen LogP contribution in [0, 0.1) is 0 Å². The molecule has 1 aromatic rings. The third kappa shape index (κ3) is 2.58. The minimum Gasteiger partial charge on any atom is -0.454 e. The van der Waals surface area contributed by atoms with Crippen LogP contribution in [0.3, 0.4) is 0 Å². The molecule has 0 aromatic heterocycles. The summed E-state index contributed by atoms with van der Waals surface area (Å²) in [5.41, 5.74) is 1.17. The fraction of sp³-hybridized carbons (Fsp3) is 0.533. The molecule has 0 bridgehead atoms. The molecule has 1 amide bonds. The van der Waals surface area contributed by atoms with Crippen molar-refractivity contribution in [3.63, 3.8) is 0 Å². The van der Waals surface area contributed by atoms with E-state index in [0.717, 1.165) is 24.5 Å². The van der Waals surface area contributed by atoms with E-state index >= 15 is 0 Å². The Morgan fingerprint density at radius 1 is 1.35 bits per heavy atom. The lowest BCUT2D eigenvalue weighted by Crippen LogP contribution is -2.47. The van der Waals surface area contributed by atoms with Gasteiger partial charge in [0.2, 0.25) is 12.7 Å². The second-order valence-electron chi connectivity index (χ2n) is 5.51. The van der Waals surface area contributed by atoms with Crippen molar-refractivity contribution in [3.8, 4) is 11.5 Å². The first-order chi connectivity index (χ1) is 9.63. The van der Waals surface area contributed by atoms with E-state index in [4.69, 9.17) is 9.47 Å². The van der Waals surface area contributed by atoms with Gasteiger partial charge in [-0.1, -0.05) is 6.07 Å². The molecule has 5 nitrogen and oxygen atoms in total. The van der Waals surface area contributed by atoms with Crippen LogP contribution in [0.2, 0.25) is 0 Å². The van der Waals surface area contributed by atoms with Crippen LogP contribution in [0.4, 0.5) is 0 Å². The fourth-order valence-electron chi connectivity index (χ4n) is 2.78. The zero-order chi connectivity index (χ0) is 14.1. The summed E-state index contributed by atoms with van der Waals surface area (Å²) >= 11 is 0.